The van der Waals surface area contributed by atoms with Gasteiger partial charge in [-0.05, 0) is 24.3 Å². The van der Waals surface area contributed by atoms with E-state index in [1.165, 1.54) is 24.3 Å². The molecule has 2 N–H and O–H groups in total. The van der Waals surface area contributed by atoms with Crippen LogP contribution in [0, 0.1) is 23.5 Å². The van der Waals surface area contributed by atoms with E-state index < -0.39 is 11.6 Å². The first-order chi connectivity index (χ1) is 10.1. The van der Waals surface area contributed by atoms with E-state index in [0.717, 1.165) is 0 Å². The van der Waals surface area contributed by atoms with Crippen molar-refractivity contribution in [2.45, 2.75) is 6.61 Å². The molecule has 0 fully saturated rings. The van der Waals surface area contributed by atoms with E-state index in [4.69, 9.17) is 22.1 Å². The molecular weight excluding hydrogens is 296 g/mol. The van der Waals surface area contributed by atoms with Gasteiger partial charge in [0.1, 0.15) is 12.4 Å². The molecule has 2 rings (SSSR count). The van der Waals surface area contributed by atoms with Crippen molar-refractivity contribution in [3.63, 3.8) is 0 Å². The van der Waals surface area contributed by atoms with Crippen LogP contribution in [0.3, 0.4) is 0 Å². The number of nitrogens with two attached hydrogens (primary N) is 1. The molecule has 0 saturated heterocycles. The lowest BCUT2D eigenvalue weighted by Gasteiger charge is -2.09. The summed E-state index contributed by atoms with van der Waals surface area (Å²) in [4.78, 5) is 0. The van der Waals surface area contributed by atoms with Gasteiger partial charge < -0.3 is 10.5 Å². The van der Waals surface area contributed by atoms with Gasteiger partial charge in [-0.3, -0.25) is 0 Å². The molecule has 0 aromatic heterocycles. The van der Waals surface area contributed by atoms with E-state index in [9.17, 15) is 8.78 Å². The van der Waals surface area contributed by atoms with Crippen LogP contribution in [0.2, 0.25) is 5.02 Å². The lowest BCUT2D eigenvalue weighted by molar-refractivity contribution is 0.285. The van der Waals surface area contributed by atoms with Crippen LogP contribution >= 0.6 is 11.6 Å². The molecule has 0 amide bonds. The van der Waals surface area contributed by atoms with Crippen LogP contribution in [0.1, 0.15) is 11.1 Å². The SMILES string of the molecule is NCC#Cc1ccc(COc2cccc(Cl)c2F)c(F)c1. The van der Waals surface area contributed by atoms with Crippen LogP contribution in [0.25, 0.3) is 0 Å². The van der Waals surface area contributed by atoms with Crippen molar-refractivity contribution in [1.82, 2.24) is 0 Å². The Morgan fingerprint density at radius 1 is 1.19 bits per heavy atom. The molecule has 2 aromatic carbocycles. The predicted molar refractivity (Wildman–Crippen MR) is 78.1 cm³/mol. The zero-order valence-corrected chi connectivity index (χ0v) is 11.8. The monoisotopic (exact) mass is 307 g/mol. The second-order valence-electron chi connectivity index (χ2n) is 4.15. The normalized spacial score (nSPS) is 9.90. The van der Waals surface area contributed by atoms with Crippen LogP contribution in [0.15, 0.2) is 36.4 Å². The lowest BCUT2D eigenvalue weighted by atomic mass is 10.1. The Morgan fingerprint density at radius 3 is 2.71 bits per heavy atom. The molecule has 21 heavy (non-hydrogen) atoms. The number of ether oxygens (including phenoxy) is 1. The average Bonchev–Trinajstić information content (AvgIpc) is 2.48. The smallest absolute Gasteiger partial charge is 0.183 e. The number of rotatable bonds is 3. The second-order valence-corrected chi connectivity index (χ2v) is 4.56. The molecule has 0 saturated carbocycles. The summed E-state index contributed by atoms with van der Waals surface area (Å²) in [5, 5.41) is -0.0413. The molecule has 2 nitrogen and oxygen atoms in total. The summed E-state index contributed by atoms with van der Waals surface area (Å²) < 4.78 is 32.7. The molecule has 0 aliphatic carbocycles. The summed E-state index contributed by atoms with van der Waals surface area (Å²) in [6.45, 7) is 0.105. The first kappa shape index (κ1) is 15.3. The Balaban J connectivity index is 2.12. The van der Waals surface area contributed by atoms with Crippen molar-refractivity contribution >= 4 is 11.6 Å². The molecule has 0 heterocycles. The van der Waals surface area contributed by atoms with Gasteiger partial charge in [-0.25, -0.2) is 8.78 Å². The Hall–Kier alpha value is -2.09. The summed E-state index contributed by atoms with van der Waals surface area (Å²) in [7, 11) is 0. The van der Waals surface area contributed by atoms with Crippen molar-refractivity contribution in [1.29, 1.82) is 0 Å². The molecule has 108 valence electrons. The van der Waals surface area contributed by atoms with Gasteiger partial charge in [-0.2, -0.15) is 0 Å². The minimum Gasteiger partial charge on any atom is -0.486 e. The van der Waals surface area contributed by atoms with E-state index in [1.54, 1.807) is 12.1 Å². The maximum Gasteiger partial charge on any atom is 0.183 e. The molecule has 2 aromatic rings. The minimum absolute atomic E-state index is 0.0195. The zero-order chi connectivity index (χ0) is 15.2. The average molecular weight is 308 g/mol. The molecule has 0 unspecified atom stereocenters. The Labute approximate surface area is 126 Å². The summed E-state index contributed by atoms with van der Waals surface area (Å²) in [6, 6.07) is 8.88. The molecule has 0 atom stereocenters. The molecule has 0 spiro atoms. The largest absolute Gasteiger partial charge is 0.486 e. The van der Waals surface area contributed by atoms with Crippen molar-refractivity contribution in [3.8, 4) is 17.6 Å². The van der Waals surface area contributed by atoms with Gasteiger partial charge in [0, 0.05) is 11.1 Å². The summed E-state index contributed by atoms with van der Waals surface area (Å²) in [5.74, 6) is 4.22. The highest BCUT2D eigenvalue weighted by Gasteiger charge is 2.09. The van der Waals surface area contributed by atoms with Crippen molar-refractivity contribution in [3.05, 3.63) is 64.2 Å². The van der Waals surface area contributed by atoms with E-state index in [2.05, 4.69) is 11.8 Å². The van der Waals surface area contributed by atoms with Gasteiger partial charge in [0.25, 0.3) is 0 Å². The third kappa shape index (κ3) is 3.94. The highest BCUT2D eigenvalue weighted by molar-refractivity contribution is 6.30. The van der Waals surface area contributed by atoms with Crippen LogP contribution in [0.5, 0.6) is 5.75 Å². The molecule has 5 heteroatoms. The standard InChI is InChI=1S/C16H12ClF2NO/c17-13-4-1-5-15(16(13)19)21-10-12-7-6-11(3-2-8-20)9-14(12)18/h1,4-7,9H,8,10,20H2. The summed E-state index contributed by atoms with van der Waals surface area (Å²) >= 11 is 5.64. The maximum atomic E-state index is 13.9. The Bertz CT molecular complexity index is 707. The van der Waals surface area contributed by atoms with E-state index in [0.29, 0.717) is 11.1 Å². The van der Waals surface area contributed by atoms with Crippen molar-refractivity contribution in [2.24, 2.45) is 5.73 Å². The van der Waals surface area contributed by atoms with Crippen LogP contribution in [-0.2, 0) is 6.61 Å². The third-order valence-electron chi connectivity index (χ3n) is 2.69. The highest BCUT2D eigenvalue weighted by atomic mass is 35.5. The van der Waals surface area contributed by atoms with Crippen molar-refractivity contribution < 1.29 is 13.5 Å². The van der Waals surface area contributed by atoms with E-state index in [-0.39, 0.29) is 23.9 Å². The van der Waals surface area contributed by atoms with Gasteiger partial charge in [0.15, 0.2) is 11.6 Å². The summed E-state index contributed by atoms with van der Waals surface area (Å²) in [6.07, 6.45) is 0. The number of halogens is 3. The fourth-order valence-electron chi connectivity index (χ4n) is 1.65. The second kappa shape index (κ2) is 7.07. The molecule has 0 radical (unpaired) electrons. The topological polar surface area (TPSA) is 35.2 Å². The van der Waals surface area contributed by atoms with Gasteiger partial charge in [-0.1, -0.05) is 35.6 Å². The van der Waals surface area contributed by atoms with Crippen molar-refractivity contribution in [2.75, 3.05) is 6.54 Å². The number of benzene rings is 2. The van der Waals surface area contributed by atoms with Gasteiger partial charge >= 0.3 is 0 Å². The minimum atomic E-state index is -0.662. The maximum absolute atomic E-state index is 13.9. The van der Waals surface area contributed by atoms with Crippen LogP contribution in [-0.4, -0.2) is 6.54 Å². The van der Waals surface area contributed by atoms with Gasteiger partial charge in [0.2, 0.25) is 0 Å². The molecule has 0 aliphatic heterocycles. The van der Waals surface area contributed by atoms with Gasteiger partial charge in [-0.15, -0.1) is 0 Å². The molecular formula is C16H12ClF2NO. The first-order valence-electron chi connectivity index (χ1n) is 6.16. The number of hydrogen-bond donors (Lipinski definition) is 1. The Morgan fingerprint density at radius 2 is 2.00 bits per heavy atom. The fraction of sp³-hybridized carbons (Fsp3) is 0.125. The lowest BCUT2D eigenvalue weighted by Crippen LogP contribution is -2.00. The quantitative estimate of drug-likeness (QED) is 0.881. The number of hydrogen-bond acceptors (Lipinski definition) is 2. The van der Waals surface area contributed by atoms with E-state index in [1.807, 2.05) is 0 Å². The third-order valence-corrected chi connectivity index (χ3v) is 2.98. The van der Waals surface area contributed by atoms with Gasteiger partial charge in [0.05, 0.1) is 11.6 Å². The first-order valence-corrected chi connectivity index (χ1v) is 6.54. The summed E-state index contributed by atoms with van der Waals surface area (Å²) in [5.41, 5.74) is 6.07. The molecule has 0 aliphatic rings. The zero-order valence-electron chi connectivity index (χ0n) is 11.0. The fourth-order valence-corrected chi connectivity index (χ4v) is 1.81. The van der Waals surface area contributed by atoms with Crippen LogP contribution < -0.4 is 10.5 Å². The molecule has 0 bridgehead atoms. The predicted octanol–water partition coefficient (Wildman–Crippen LogP) is 3.51. The van der Waals surface area contributed by atoms with E-state index >= 15 is 0 Å². The Kier molecular flexibility index (Phi) is 5.15. The van der Waals surface area contributed by atoms with Crippen LogP contribution in [0.4, 0.5) is 8.78 Å². The highest BCUT2D eigenvalue weighted by Crippen LogP contribution is 2.25.